The number of rotatable bonds is 3. The third kappa shape index (κ3) is 3.74. The van der Waals surface area contributed by atoms with E-state index in [1.54, 1.807) is 0 Å². The number of hydrogen-bond donors (Lipinski definition) is 1. The fourth-order valence-corrected chi connectivity index (χ4v) is 2.23. The Balaban J connectivity index is 1.79. The molecule has 82 valence electrons. The minimum Gasteiger partial charge on any atom is -0.314 e. The molecule has 15 heavy (non-hydrogen) atoms. The van der Waals surface area contributed by atoms with Gasteiger partial charge in [-0.05, 0) is 46.7 Å². The molecular formula is C12H17IN2. The predicted octanol–water partition coefficient (Wildman–Crippen LogP) is 1.74. The average Bonchev–Trinajstić information content (AvgIpc) is 2.30. The summed E-state index contributed by atoms with van der Waals surface area (Å²) in [5.74, 6) is 0. The molecule has 1 N–H and O–H groups in total. The first kappa shape index (κ1) is 11.4. The van der Waals surface area contributed by atoms with E-state index >= 15 is 0 Å². The molecule has 0 radical (unpaired) electrons. The van der Waals surface area contributed by atoms with Crippen molar-refractivity contribution in [3.05, 3.63) is 33.4 Å². The number of halogens is 1. The van der Waals surface area contributed by atoms with Crippen LogP contribution in [0.1, 0.15) is 5.56 Å². The Kier molecular flexibility index (Phi) is 4.41. The lowest BCUT2D eigenvalue weighted by molar-refractivity contribution is 0.244. The van der Waals surface area contributed by atoms with E-state index in [0.29, 0.717) is 0 Å². The lowest BCUT2D eigenvalue weighted by atomic mass is 10.1. The summed E-state index contributed by atoms with van der Waals surface area (Å²) >= 11 is 2.35. The number of piperazine rings is 1. The third-order valence-electron chi connectivity index (χ3n) is 2.84. The number of benzene rings is 1. The molecule has 0 amide bonds. The van der Waals surface area contributed by atoms with E-state index in [1.165, 1.54) is 35.2 Å². The summed E-state index contributed by atoms with van der Waals surface area (Å²) in [5.41, 5.74) is 1.45. The van der Waals surface area contributed by atoms with Crippen molar-refractivity contribution in [2.75, 3.05) is 32.7 Å². The molecule has 1 fully saturated rings. The minimum atomic E-state index is 1.15. The van der Waals surface area contributed by atoms with Gasteiger partial charge in [0.2, 0.25) is 0 Å². The molecule has 1 aromatic carbocycles. The molecule has 1 heterocycles. The van der Waals surface area contributed by atoms with Crippen molar-refractivity contribution in [2.24, 2.45) is 0 Å². The highest BCUT2D eigenvalue weighted by molar-refractivity contribution is 14.1. The highest BCUT2D eigenvalue weighted by Crippen LogP contribution is 2.08. The maximum absolute atomic E-state index is 3.38. The van der Waals surface area contributed by atoms with Crippen LogP contribution in [-0.2, 0) is 6.42 Å². The van der Waals surface area contributed by atoms with Gasteiger partial charge in [-0.1, -0.05) is 12.1 Å². The van der Waals surface area contributed by atoms with E-state index in [1.807, 2.05) is 0 Å². The standard InChI is InChI=1S/C12H17IN2/c13-12-3-1-11(2-4-12)5-8-15-9-6-14-7-10-15/h1-4,14H,5-10H2. The summed E-state index contributed by atoms with van der Waals surface area (Å²) in [6.45, 7) is 5.89. The predicted molar refractivity (Wildman–Crippen MR) is 72.2 cm³/mol. The first-order valence-corrected chi connectivity index (χ1v) is 6.60. The molecule has 2 nitrogen and oxygen atoms in total. The second-order valence-electron chi connectivity index (χ2n) is 3.97. The van der Waals surface area contributed by atoms with Crippen LogP contribution >= 0.6 is 22.6 Å². The summed E-state index contributed by atoms with van der Waals surface area (Å²) in [7, 11) is 0. The molecule has 0 atom stereocenters. The van der Waals surface area contributed by atoms with Crippen LogP contribution in [0.2, 0.25) is 0 Å². The Labute approximate surface area is 105 Å². The van der Waals surface area contributed by atoms with Crippen molar-refractivity contribution >= 4 is 22.6 Å². The fourth-order valence-electron chi connectivity index (χ4n) is 1.87. The Morgan fingerprint density at radius 2 is 1.80 bits per heavy atom. The number of nitrogens with zero attached hydrogens (tertiary/aromatic N) is 1. The van der Waals surface area contributed by atoms with Gasteiger partial charge in [0.15, 0.2) is 0 Å². The van der Waals surface area contributed by atoms with Crippen molar-refractivity contribution < 1.29 is 0 Å². The van der Waals surface area contributed by atoms with Crippen molar-refractivity contribution in [1.82, 2.24) is 10.2 Å². The Morgan fingerprint density at radius 3 is 2.47 bits per heavy atom. The van der Waals surface area contributed by atoms with E-state index in [0.717, 1.165) is 13.1 Å². The van der Waals surface area contributed by atoms with E-state index in [9.17, 15) is 0 Å². The molecule has 0 aromatic heterocycles. The molecule has 2 rings (SSSR count). The highest BCUT2D eigenvalue weighted by Gasteiger charge is 2.08. The van der Waals surface area contributed by atoms with E-state index in [-0.39, 0.29) is 0 Å². The molecule has 0 saturated carbocycles. The Bertz CT molecular complexity index is 291. The van der Waals surface area contributed by atoms with Crippen LogP contribution < -0.4 is 5.32 Å². The maximum atomic E-state index is 3.38. The zero-order chi connectivity index (χ0) is 10.5. The molecule has 0 aliphatic carbocycles. The van der Waals surface area contributed by atoms with Gasteiger partial charge >= 0.3 is 0 Å². The van der Waals surface area contributed by atoms with Gasteiger partial charge in [0.05, 0.1) is 0 Å². The van der Waals surface area contributed by atoms with Gasteiger partial charge in [-0.15, -0.1) is 0 Å². The number of nitrogens with one attached hydrogen (secondary N) is 1. The van der Waals surface area contributed by atoms with Crippen molar-refractivity contribution in [1.29, 1.82) is 0 Å². The lowest BCUT2D eigenvalue weighted by Crippen LogP contribution is -2.44. The van der Waals surface area contributed by atoms with Gasteiger partial charge in [-0.2, -0.15) is 0 Å². The second-order valence-corrected chi connectivity index (χ2v) is 5.21. The summed E-state index contributed by atoms with van der Waals surface area (Å²) in [6, 6.07) is 8.86. The van der Waals surface area contributed by atoms with Crippen molar-refractivity contribution in [2.45, 2.75) is 6.42 Å². The van der Waals surface area contributed by atoms with Gasteiger partial charge in [0, 0.05) is 36.3 Å². The van der Waals surface area contributed by atoms with Crippen LogP contribution in [0.4, 0.5) is 0 Å². The minimum absolute atomic E-state index is 1.15. The van der Waals surface area contributed by atoms with Crippen LogP contribution in [0, 0.1) is 3.57 Å². The van der Waals surface area contributed by atoms with Crippen LogP contribution in [-0.4, -0.2) is 37.6 Å². The first-order valence-electron chi connectivity index (χ1n) is 5.52. The molecule has 3 heteroatoms. The lowest BCUT2D eigenvalue weighted by Gasteiger charge is -2.27. The molecular weight excluding hydrogens is 299 g/mol. The van der Waals surface area contributed by atoms with Crippen LogP contribution in [0.3, 0.4) is 0 Å². The zero-order valence-corrected chi connectivity index (χ0v) is 11.0. The first-order chi connectivity index (χ1) is 7.34. The average molecular weight is 316 g/mol. The third-order valence-corrected chi connectivity index (χ3v) is 3.56. The molecule has 0 spiro atoms. The Hall–Kier alpha value is -0.130. The highest BCUT2D eigenvalue weighted by atomic mass is 127. The molecule has 1 aromatic rings. The van der Waals surface area contributed by atoms with Gasteiger partial charge in [0.25, 0.3) is 0 Å². The summed E-state index contributed by atoms with van der Waals surface area (Å²) in [5, 5.41) is 3.38. The summed E-state index contributed by atoms with van der Waals surface area (Å²) < 4.78 is 1.32. The zero-order valence-electron chi connectivity index (χ0n) is 8.88. The summed E-state index contributed by atoms with van der Waals surface area (Å²) in [6.07, 6.45) is 1.18. The van der Waals surface area contributed by atoms with Crippen LogP contribution in [0.15, 0.2) is 24.3 Å². The van der Waals surface area contributed by atoms with Crippen molar-refractivity contribution in [3.8, 4) is 0 Å². The Morgan fingerprint density at radius 1 is 1.13 bits per heavy atom. The smallest absolute Gasteiger partial charge is 0.0130 e. The topological polar surface area (TPSA) is 15.3 Å². The summed E-state index contributed by atoms with van der Waals surface area (Å²) in [4.78, 5) is 2.54. The molecule has 1 saturated heterocycles. The van der Waals surface area contributed by atoms with Gasteiger partial charge in [-0.3, -0.25) is 0 Å². The van der Waals surface area contributed by atoms with Gasteiger partial charge in [0.1, 0.15) is 0 Å². The van der Waals surface area contributed by atoms with E-state index in [2.05, 4.69) is 57.1 Å². The second kappa shape index (κ2) is 5.82. The SMILES string of the molecule is Ic1ccc(CCN2CCNCC2)cc1. The van der Waals surface area contributed by atoms with Gasteiger partial charge in [-0.25, -0.2) is 0 Å². The monoisotopic (exact) mass is 316 g/mol. The van der Waals surface area contributed by atoms with Crippen LogP contribution in [0.25, 0.3) is 0 Å². The quantitative estimate of drug-likeness (QED) is 0.855. The van der Waals surface area contributed by atoms with Gasteiger partial charge < -0.3 is 10.2 Å². The molecule has 1 aliphatic rings. The van der Waals surface area contributed by atoms with E-state index in [4.69, 9.17) is 0 Å². The molecule has 0 bridgehead atoms. The number of hydrogen-bond acceptors (Lipinski definition) is 2. The van der Waals surface area contributed by atoms with Crippen LogP contribution in [0.5, 0.6) is 0 Å². The van der Waals surface area contributed by atoms with Crippen molar-refractivity contribution in [3.63, 3.8) is 0 Å². The fraction of sp³-hybridized carbons (Fsp3) is 0.500. The largest absolute Gasteiger partial charge is 0.314 e. The molecule has 1 aliphatic heterocycles. The van der Waals surface area contributed by atoms with E-state index < -0.39 is 0 Å². The normalized spacial score (nSPS) is 17.9. The maximum Gasteiger partial charge on any atom is 0.0130 e. The molecule has 0 unspecified atom stereocenters.